The van der Waals surface area contributed by atoms with Gasteiger partial charge < -0.3 is 5.73 Å². The van der Waals surface area contributed by atoms with Gasteiger partial charge in [-0.2, -0.15) is 0 Å². The first-order valence-electron chi connectivity index (χ1n) is 6.42. The van der Waals surface area contributed by atoms with E-state index in [2.05, 4.69) is 0 Å². The largest absolute Gasteiger partial charge is 0.366 e. The van der Waals surface area contributed by atoms with E-state index in [1.54, 1.807) is 0 Å². The van der Waals surface area contributed by atoms with E-state index in [-0.39, 0.29) is 5.91 Å². The average Bonchev–Trinajstić information content (AvgIpc) is 2.33. The smallest absolute Gasteiger partial charge is 0.248 e. The lowest BCUT2D eigenvalue weighted by Crippen LogP contribution is -2.16. The minimum Gasteiger partial charge on any atom is -0.366 e. The molecule has 0 saturated heterocycles. The average molecular weight is 245 g/mol. The van der Waals surface area contributed by atoms with Gasteiger partial charge in [0.15, 0.2) is 0 Å². The van der Waals surface area contributed by atoms with Crippen LogP contribution in [0.2, 0.25) is 0 Å². The molecule has 1 aromatic rings. The molecule has 0 atom stereocenters. The number of carbonyl (C=O) groups is 2. The van der Waals surface area contributed by atoms with Crippen LogP contribution in [0.3, 0.4) is 0 Å². The summed E-state index contributed by atoms with van der Waals surface area (Å²) in [5.41, 5.74) is 9.33. The van der Waals surface area contributed by atoms with Gasteiger partial charge >= 0.3 is 0 Å². The van der Waals surface area contributed by atoms with Gasteiger partial charge in [-0.3, -0.25) is 9.59 Å². The summed E-state index contributed by atoms with van der Waals surface area (Å²) in [5, 5.41) is 0. The summed E-state index contributed by atoms with van der Waals surface area (Å²) in [7, 11) is 0. The fourth-order valence-electron chi connectivity index (χ4n) is 2.80. The topological polar surface area (TPSA) is 60.2 Å². The zero-order valence-corrected chi connectivity index (χ0v) is 11.0. The molecule has 0 spiro atoms. The van der Waals surface area contributed by atoms with E-state index in [9.17, 15) is 9.59 Å². The van der Waals surface area contributed by atoms with Gasteiger partial charge in [-0.15, -0.1) is 0 Å². The Balaban J connectivity index is 2.32. The molecule has 96 valence electrons. The van der Waals surface area contributed by atoms with Gasteiger partial charge in [-0.25, -0.2) is 0 Å². The van der Waals surface area contributed by atoms with E-state index in [1.807, 2.05) is 26.0 Å². The van der Waals surface area contributed by atoms with Gasteiger partial charge in [0.25, 0.3) is 0 Å². The van der Waals surface area contributed by atoms with E-state index in [1.165, 1.54) is 5.56 Å². The third-order valence-electron chi connectivity index (χ3n) is 4.08. The lowest BCUT2D eigenvalue weighted by molar-refractivity contribution is -0.120. The summed E-state index contributed by atoms with van der Waals surface area (Å²) in [4.78, 5) is 22.6. The lowest BCUT2D eigenvalue weighted by Gasteiger charge is -2.24. The zero-order chi connectivity index (χ0) is 13.3. The van der Waals surface area contributed by atoms with Crippen molar-refractivity contribution in [3.63, 3.8) is 0 Å². The Hall–Kier alpha value is -1.64. The van der Waals surface area contributed by atoms with Crippen LogP contribution < -0.4 is 5.73 Å². The van der Waals surface area contributed by atoms with E-state index < -0.39 is 0 Å². The molecule has 0 bridgehead atoms. The predicted octanol–water partition coefficient (Wildman–Crippen LogP) is 2.63. The number of nitrogens with two attached hydrogens (primary N) is 1. The molecule has 3 heteroatoms. The maximum absolute atomic E-state index is 11.3. The molecule has 0 aliphatic heterocycles. The first kappa shape index (κ1) is 12.8. The Morgan fingerprint density at radius 2 is 1.78 bits per heavy atom. The Morgan fingerprint density at radius 1 is 1.17 bits per heavy atom. The fraction of sp³-hybridized carbons (Fsp3) is 0.467. The van der Waals surface area contributed by atoms with Gasteiger partial charge in [0.2, 0.25) is 5.91 Å². The fourth-order valence-corrected chi connectivity index (χ4v) is 2.80. The second-order valence-corrected chi connectivity index (χ2v) is 5.13. The predicted molar refractivity (Wildman–Crippen MR) is 70.6 cm³/mol. The molecule has 2 rings (SSSR count). The third-order valence-corrected chi connectivity index (χ3v) is 4.08. The highest BCUT2D eigenvalue weighted by Crippen LogP contribution is 2.34. The van der Waals surface area contributed by atoms with E-state index in [0.717, 1.165) is 24.0 Å². The monoisotopic (exact) mass is 245 g/mol. The highest BCUT2D eigenvalue weighted by atomic mass is 16.1. The van der Waals surface area contributed by atoms with Crippen molar-refractivity contribution in [3.05, 3.63) is 34.4 Å². The summed E-state index contributed by atoms with van der Waals surface area (Å²) in [6.45, 7) is 3.97. The molecule has 1 aliphatic rings. The number of carbonyl (C=O) groups excluding carboxylic acids is 2. The summed E-state index contributed by atoms with van der Waals surface area (Å²) < 4.78 is 0. The molecule has 0 unspecified atom stereocenters. The lowest BCUT2D eigenvalue weighted by atomic mass is 9.80. The van der Waals surface area contributed by atoms with Crippen LogP contribution in [-0.2, 0) is 4.79 Å². The molecule has 0 heterocycles. The van der Waals surface area contributed by atoms with Crippen LogP contribution in [0.5, 0.6) is 0 Å². The first-order chi connectivity index (χ1) is 8.50. The van der Waals surface area contributed by atoms with Crippen molar-refractivity contribution in [1.29, 1.82) is 0 Å². The van der Waals surface area contributed by atoms with Crippen molar-refractivity contribution in [3.8, 4) is 0 Å². The van der Waals surface area contributed by atoms with Gasteiger partial charge in [0, 0.05) is 18.4 Å². The van der Waals surface area contributed by atoms with E-state index >= 15 is 0 Å². The summed E-state index contributed by atoms with van der Waals surface area (Å²) >= 11 is 0. The molecule has 1 aromatic carbocycles. The van der Waals surface area contributed by atoms with E-state index in [4.69, 9.17) is 5.73 Å². The third kappa shape index (κ3) is 2.30. The van der Waals surface area contributed by atoms with Crippen molar-refractivity contribution < 1.29 is 9.59 Å². The molecule has 3 nitrogen and oxygen atoms in total. The molecular weight excluding hydrogens is 226 g/mol. The molecule has 0 radical (unpaired) electrons. The number of hydrogen-bond acceptors (Lipinski definition) is 2. The number of benzene rings is 1. The van der Waals surface area contributed by atoms with Crippen molar-refractivity contribution in [2.24, 2.45) is 5.73 Å². The summed E-state index contributed by atoms with van der Waals surface area (Å²) in [6.07, 6.45) is 3.21. The molecule has 1 saturated carbocycles. The molecule has 0 aromatic heterocycles. The van der Waals surface area contributed by atoms with Gasteiger partial charge in [0.1, 0.15) is 5.78 Å². The van der Waals surface area contributed by atoms with Crippen LogP contribution in [0.1, 0.15) is 58.6 Å². The molecule has 2 N–H and O–H groups in total. The molecular formula is C15H19NO2. The number of primary amides is 1. The Bertz CT molecular complexity index is 495. The standard InChI is InChI=1S/C15H19NO2/c1-9-10(2)14(15(16)18)8-7-13(9)11-3-5-12(17)6-4-11/h7-8,11H,3-6H2,1-2H3,(H2,16,18). The SMILES string of the molecule is Cc1c(C(N)=O)ccc(C2CCC(=O)CC2)c1C. The maximum atomic E-state index is 11.3. The Morgan fingerprint density at radius 3 is 2.33 bits per heavy atom. The Labute approximate surface area is 107 Å². The maximum Gasteiger partial charge on any atom is 0.248 e. The van der Waals surface area contributed by atoms with Crippen molar-refractivity contribution >= 4 is 11.7 Å². The molecule has 1 aliphatic carbocycles. The number of hydrogen-bond donors (Lipinski definition) is 1. The number of amides is 1. The van der Waals surface area contributed by atoms with Gasteiger partial charge in [-0.1, -0.05) is 6.07 Å². The minimum atomic E-state index is -0.374. The van der Waals surface area contributed by atoms with Crippen molar-refractivity contribution in [2.45, 2.75) is 45.4 Å². The van der Waals surface area contributed by atoms with Gasteiger partial charge in [0.05, 0.1) is 0 Å². The Kier molecular flexibility index (Phi) is 3.50. The second kappa shape index (κ2) is 4.92. The highest BCUT2D eigenvalue weighted by molar-refractivity contribution is 5.94. The zero-order valence-electron chi connectivity index (χ0n) is 11.0. The normalized spacial score (nSPS) is 16.9. The van der Waals surface area contributed by atoms with Crippen molar-refractivity contribution in [1.82, 2.24) is 0 Å². The number of ketones is 1. The summed E-state index contributed by atoms with van der Waals surface area (Å²) in [5.74, 6) is 0.443. The molecule has 1 fully saturated rings. The van der Waals surface area contributed by atoms with Crippen LogP contribution in [0.15, 0.2) is 12.1 Å². The van der Waals surface area contributed by atoms with Crippen LogP contribution in [0.25, 0.3) is 0 Å². The van der Waals surface area contributed by atoms with Crippen LogP contribution >= 0.6 is 0 Å². The van der Waals surface area contributed by atoms with Crippen LogP contribution in [0.4, 0.5) is 0 Å². The van der Waals surface area contributed by atoms with Crippen molar-refractivity contribution in [2.75, 3.05) is 0 Å². The molecule has 18 heavy (non-hydrogen) atoms. The van der Waals surface area contributed by atoms with E-state index in [0.29, 0.717) is 30.1 Å². The van der Waals surface area contributed by atoms with Crippen LogP contribution in [0, 0.1) is 13.8 Å². The minimum absolute atomic E-state index is 0.370. The van der Waals surface area contributed by atoms with Crippen LogP contribution in [-0.4, -0.2) is 11.7 Å². The quantitative estimate of drug-likeness (QED) is 0.870. The second-order valence-electron chi connectivity index (χ2n) is 5.13. The number of Topliss-reactive ketones (excluding diaryl/α,β-unsaturated/α-hetero) is 1. The number of rotatable bonds is 2. The summed E-state index contributed by atoms with van der Waals surface area (Å²) in [6, 6.07) is 3.82. The van der Waals surface area contributed by atoms with Gasteiger partial charge in [-0.05, 0) is 55.4 Å². The highest BCUT2D eigenvalue weighted by Gasteiger charge is 2.22. The molecule has 1 amide bonds. The first-order valence-corrected chi connectivity index (χ1v) is 6.42.